The quantitative estimate of drug-likeness (QED) is 0.425. The van der Waals surface area contributed by atoms with Gasteiger partial charge in [0.2, 0.25) is 0 Å². The highest BCUT2D eigenvalue weighted by atomic mass is 14.0. The molecular weight excluding hydrogens is 132 g/mol. The maximum absolute atomic E-state index is 3.81. The van der Waals surface area contributed by atoms with E-state index in [4.69, 9.17) is 0 Å². The third-order valence-electron chi connectivity index (χ3n) is 1.84. The first kappa shape index (κ1) is 10.2. The van der Waals surface area contributed by atoms with Gasteiger partial charge in [0.05, 0.1) is 0 Å². The van der Waals surface area contributed by atoms with Crippen LogP contribution in [0.2, 0.25) is 0 Å². The van der Waals surface area contributed by atoms with Gasteiger partial charge in [0.25, 0.3) is 0 Å². The molecular formula is C11H18. The zero-order valence-electron chi connectivity index (χ0n) is 8.02. The van der Waals surface area contributed by atoms with E-state index in [1.165, 1.54) is 5.57 Å². The number of rotatable bonds is 3. The average Bonchev–Trinajstić information content (AvgIpc) is 1.98. The molecule has 0 saturated heterocycles. The first-order chi connectivity index (χ1) is 5.07. The monoisotopic (exact) mass is 150 g/mol. The Bertz CT molecular complexity index is 182. The minimum atomic E-state index is 0.539. The van der Waals surface area contributed by atoms with Crippen molar-refractivity contribution in [2.75, 3.05) is 0 Å². The van der Waals surface area contributed by atoms with Crippen molar-refractivity contribution in [3.05, 3.63) is 36.0 Å². The molecule has 0 heterocycles. The van der Waals surface area contributed by atoms with E-state index in [1.807, 2.05) is 6.92 Å². The molecule has 0 aromatic rings. The molecule has 0 N–H and O–H groups in total. The molecule has 0 rings (SSSR count). The minimum Gasteiger partial charge on any atom is -0.0961 e. The van der Waals surface area contributed by atoms with Crippen LogP contribution < -0.4 is 0 Å². The Labute approximate surface area is 70.3 Å². The van der Waals surface area contributed by atoms with Crippen molar-refractivity contribution in [3.8, 4) is 0 Å². The van der Waals surface area contributed by atoms with Gasteiger partial charge < -0.3 is 0 Å². The second-order valence-electron chi connectivity index (χ2n) is 3.03. The third kappa shape index (κ3) is 4.60. The van der Waals surface area contributed by atoms with Crippen LogP contribution in [0, 0.1) is 5.92 Å². The highest BCUT2D eigenvalue weighted by Crippen LogP contribution is 2.11. The Kier molecular flexibility index (Phi) is 4.60. The molecule has 0 heteroatoms. The van der Waals surface area contributed by atoms with E-state index in [-0.39, 0.29) is 0 Å². The summed E-state index contributed by atoms with van der Waals surface area (Å²) in [6, 6.07) is 0. The summed E-state index contributed by atoms with van der Waals surface area (Å²) in [5.74, 6) is 0.539. The molecule has 0 bridgehead atoms. The van der Waals surface area contributed by atoms with Gasteiger partial charge in [-0.3, -0.25) is 0 Å². The molecule has 11 heavy (non-hydrogen) atoms. The fraction of sp³-hybridized carbons (Fsp3) is 0.455. The van der Waals surface area contributed by atoms with Crippen LogP contribution in [-0.4, -0.2) is 0 Å². The average molecular weight is 150 g/mol. The molecule has 0 nitrogen and oxygen atoms in total. The molecule has 0 aliphatic carbocycles. The standard InChI is InChI=1S/C11H18/c1-6-10(4)11(5)8-7-9(2)3/h6-8,11H,2H2,1,3-5H3/b8-7+,10-6+. The molecule has 62 valence electrons. The van der Waals surface area contributed by atoms with Crippen LogP contribution in [0.15, 0.2) is 36.0 Å². The summed E-state index contributed by atoms with van der Waals surface area (Å²) < 4.78 is 0. The van der Waals surface area contributed by atoms with Gasteiger partial charge >= 0.3 is 0 Å². The van der Waals surface area contributed by atoms with Gasteiger partial charge in [0.1, 0.15) is 0 Å². The van der Waals surface area contributed by atoms with Gasteiger partial charge in [-0.1, -0.05) is 42.9 Å². The van der Waals surface area contributed by atoms with Crippen molar-refractivity contribution in [1.82, 2.24) is 0 Å². The van der Waals surface area contributed by atoms with Gasteiger partial charge in [-0.25, -0.2) is 0 Å². The lowest BCUT2D eigenvalue weighted by atomic mass is 10.0. The molecule has 1 atom stereocenters. The van der Waals surface area contributed by atoms with Crippen molar-refractivity contribution in [2.45, 2.75) is 27.7 Å². The Morgan fingerprint density at radius 2 is 1.91 bits per heavy atom. The van der Waals surface area contributed by atoms with Crippen LogP contribution in [0.3, 0.4) is 0 Å². The number of hydrogen-bond donors (Lipinski definition) is 0. The Morgan fingerprint density at radius 3 is 2.27 bits per heavy atom. The van der Waals surface area contributed by atoms with Crippen LogP contribution in [0.25, 0.3) is 0 Å². The van der Waals surface area contributed by atoms with Crippen molar-refractivity contribution in [2.24, 2.45) is 5.92 Å². The van der Waals surface area contributed by atoms with Crippen LogP contribution >= 0.6 is 0 Å². The minimum absolute atomic E-state index is 0.539. The summed E-state index contributed by atoms with van der Waals surface area (Å²) in [7, 11) is 0. The third-order valence-corrected chi connectivity index (χ3v) is 1.84. The summed E-state index contributed by atoms with van der Waals surface area (Å²) in [6.07, 6.45) is 6.39. The first-order valence-electron chi connectivity index (χ1n) is 4.04. The predicted molar refractivity (Wildman–Crippen MR) is 52.5 cm³/mol. The summed E-state index contributed by atoms with van der Waals surface area (Å²) in [5.41, 5.74) is 2.52. The van der Waals surface area contributed by atoms with Gasteiger partial charge in [-0.2, -0.15) is 0 Å². The first-order valence-corrected chi connectivity index (χ1v) is 4.04. The van der Waals surface area contributed by atoms with Crippen molar-refractivity contribution >= 4 is 0 Å². The maximum atomic E-state index is 3.81. The molecule has 0 fully saturated rings. The summed E-state index contributed by atoms with van der Waals surface area (Å²) in [5, 5.41) is 0. The molecule has 0 aromatic heterocycles. The molecule has 0 aromatic carbocycles. The Hall–Kier alpha value is -0.780. The van der Waals surface area contributed by atoms with E-state index in [9.17, 15) is 0 Å². The fourth-order valence-electron chi connectivity index (χ4n) is 0.723. The van der Waals surface area contributed by atoms with E-state index < -0.39 is 0 Å². The molecule has 1 unspecified atom stereocenters. The van der Waals surface area contributed by atoms with E-state index in [0.717, 1.165) is 5.57 Å². The van der Waals surface area contributed by atoms with E-state index >= 15 is 0 Å². The van der Waals surface area contributed by atoms with Crippen LogP contribution in [-0.2, 0) is 0 Å². The largest absolute Gasteiger partial charge is 0.0961 e. The molecule has 0 amide bonds. The van der Waals surface area contributed by atoms with Crippen molar-refractivity contribution in [1.29, 1.82) is 0 Å². The SMILES string of the molecule is C=C(C)/C=C/C(C)/C(C)=C/C. The zero-order valence-corrected chi connectivity index (χ0v) is 8.02. The van der Waals surface area contributed by atoms with Gasteiger partial charge in [-0.05, 0) is 26.7 Å². The summed E-state index contributed by atoms with van der Waals surface area (Å²) in [4.78, 5) is 0. The second kappa shape index (κ2) is 4.95. The van der Waals surface area contributed by atoms with Gasteiger partial charge in [-0.15, -0.1) is 0 Å². The summed E-state index contributed by atoms with van der Waals surface area (Å²) in [6.45, 7) is 12.2. The highest BCUT2D eigenvalue weighted by molar-refractivity contribution is 5.16. The van der Waals surface area contributed by atoms with E-state index in [2.05, 4.69) is 45.6 Å². The predicted octanol–water partition coefficient (Wildman–Crippen LogP) is 3.72. The molecule has 0 radical (unpaired) electrons. The van der Waals surface area contributed by atoms with Crippen LogP contribution in [0.5, 0.6) is 0 Å². The Balaban J connectivity index is 4.07. The normalized spacial score (nSPS) is 15.5. The Morgan fingerprint density at radius 1 is 1.36 bits per heavy atom. The molecule has 0 saturated carbocycles. The zero-order chi connectivity index (χ0) is 8.85. The second-order valence-corrected chi connectivity index (χ2v) is 3.03. The number of hydrogen-bond acceptors (Lipinski definition) is 0. The molecule has 0 aliphatic heterocycles. The van der Waals surface area contributed by atoms with Crippen molar-refractivity contribution < 1.29 is 0 Å². The molecule has 0 aliphatic rings. The lowest BCUT2D eigenvalue weighted by molar-refractivity contribution is 0.858. The highest BCUT2D eigenvalue weighted by Gasteiger charge is 1.95. The maximum Gasteiger partial charge on any atom is -0.00513 e. The van der Waals surface area contributed by atoms with E-state index in [1.54, 1.807) is 0 Å². The molecule has 0 spiro atoms. The lowest BCUT2D eigenvalue weighted by Gasteiger charge is -2.04. The fourth-order valence-corrected chi connectivity index (χ4v) is 0.723. The van der Waals surface area contributed by atoms with E-state index in [0.29, 0.717) is 5.92 Å². The topological polar surface area (TPSA) is 0 Å². The van der Waals surface area contributed by atoms with Crippen LogP contribution in [0.1, 0.15) is 27.7 Å². The smallest absolute Gasteiger partial charge is 0.00513 e. The lowest BCUT2D eigenvalue weighted by Crippen LogP contribution is -1.90. The number of allylic oxidation sites excluding steroid dienone is 5. The summed E-state index contributed by atoms with van der Waals surface area (Å²) >= 11 is 0. The van der Waals surface area contributed by atoms with Crippen LogP contribution in [0.4, 0.5) is 0 Å². The van der Waals surface area contributed by atoms with Gasteiger partial charge in [0, 0.05) is 0 Å². The van der Waals surface area contributed by atoms with Crippen molar-refractivity contribution in [3.63, 3.8) is 0 Å². The van der Waals surface area contributed by atoms with Gasteiger partial charge in [0.15, 0.2) is 0 Å².